The third-order valence-corrected chi connectivity index (χ3v) is 17.7. The number of aliphatic hydroxyl groups is 2. The van der Waals surface area contributed by atoms with Crippen molar-refractivity contribution in [2.45, 2.75) is 334 Å². The summed E-state index contributed by atoms with van der Waals surface area (Å²) in [7, 11) is -9.76. The van der Waals surface area contributed by atoms with Gasteiger partial charge in [0.05, 0.1) is 26.4 Å². The van der Waals surface area contributed by atoms with Gasteiger partial charge in [0.2, 0.25) is 0 Å². The Bertz CT molecular complexity index is 2120. The summed E-state index contributed by atoms with van der Waals surface area (Å²) in [5.41, 5.74) is 0. The van der Waals surface area contributed by atoms with Crippen molar-refractivity contribution in [3.8, 4) is 0 Å². The number of phosphoric acid groups is 2. The second-order valence-corrected chi connectivity index (χ2v) is 28.0. The Kier molecular flexibility index (Phi) is 67.7. The molecular weight excluding hydrogens is 1240 g/mol. The molecule has 0 radical (unpaired) electrons. The average Bonchev–Trinajstić information content (AvgIpc) is 3.02. The molecule has 0 spiro atoms. The lowest BCUT2D eigenvalue weighted by atomic mass is 10.0. The standard InChI is InChI=1S/C77H136O16P2/c1-4-7-10-13-16-19-22-24-25-26-27-28-29-30-31-32-33-34-35-36-37-38-39-40-41-42-43-44-45-47-50-51-54-57-60-63-75(80)87-66-72(78)67-89-94(83,84)90-68-73(79)69-91-95(85,86)92-71-74(93-77(82)65-62-59-56-53-48-21-18-15-12-9-6-3)70-88-76(81)64-61-58-55-52-49-46-23-20-17-14-11-8-5-2/h7,10-11,14,16,19-20,23-25,27-28,30-31,33-34,72-74,78-79H,4-6,8-9,12-13,15,17-18,21-22,26,29,32,35-71H2,1-3H3,(H,83,84)(H,85,86)/b10-7-,14-11-,19-16-,23-20-,25-24-,28-27-,31-30-,34-33-. The second-order valence-electron chi connectivity index (χ2n) is 25.1. The summed E-state index contributed by atoms with van der Waals surface area (Å²) < 4.78 is 60.8. The Hall–Kier alpha value is -3.53. The Balaban J connectivity index is 4.26. The number of hydrogen-bond acceptors (Lipinski definition) is 14. The number of esters is 3. The van der Waals surface area contributed by atoms with Crippen molar-refractivity contribution in [1.29, 1.82) is 0 Å². The molecule has 5 atom stereocenters. The maximum atomic E-state index is 12.8. The summed E-state index contributed by atoms with van der Waals surface area (Å²) in [6.45, 7) is 2.48. The number of rotatable bonds is 71. The van der Waals surface area contributed by atoms with E-state index in [1.54, 1.807) is 0 Å². The molecule has 0 amide bonds. The largest absolute Gasteiger partial charge is 0.472 e. The Morgan fingerprint density at radius 3 is 0.926 bits per heavy atom. The summed E-state index contributed by atoms with van der Waals surface area (Å²) in [6, 6.07) is 0. The fourth-order valence-corrected chi connectivity index (χ4v) is 11.7. The quantitative estimate of drug-likeness (QED) is 0.0146. The zero-order chi connectivity index (χ0) is 69.5. The van der Waals surface area contributed by atoms with Crippen LogP contribution in [-0.2, 0) is 55.8 Å². The van der Waals surface area contributed by atoms with Crippen LogP contribution in [0.1, 0.15) is 316 Å². The lowest BCUT2D eigenvalue weighted by Crippen LogP contribution is -2.30. The Morgan fingerprint density at radius 2 is 0.579 bits per heavy atom. The zero-order valence-corrected chi connectivity index (χ0v) is 61.6. The van der Waals surface area contributed by atoms with Crippen LogP contribution in [-0.4, -0.2) is 95.9 Å². The van der Waals surface area contributed by atoms with Crippen LogP contribution >= 0.6 is 15.6 Å². The predicted molar refractivity (Wildman–Crippen MR) is 390 cm³/mol. The first-order valence-electron chi connectivity index (χ1n) is 37.5. The minimum atomic E-state index is -4.92. The molecule has 16 nitrogen and oxygen atoms in total. The van der Waals surface area contributed by atoms with E-state index in [4.69, 9.17) is 32.3 Å². The van der Waals surface area contributed by atoms with Gasteiger partial charge in [-0.3, -0.25) is 32.5 Å². The maximum Gasteiger partial charge on any atom is 0.472 e. The van der Waals surface area contributed by atoms with Crippen LogP contribution in [0.25, 0.3) is 0 Å². The first kappa shape index (κ1) is 91.5. The van der Waals surface area contributed by atoms with E-state index < -0.39 is 91.5 Å². The molecule has 0 aliphatic rings. The number of unbranched alkanes of at least 4 members (excludes halogenated alkanes) is 32. The van der Waals surface area contributed by atoms with Gasteiger partial charge in [0.15, 0.2) is 6.10 Å². The molecule has 0 saturated carbocycles. The molecule has 0 fully saturated rings. The van der Waals surface area contributed by atoms with Gasteiger partial charge in [-0.25, -0.2) is 9.13 Å². The highest BCUT2D eigenvalue weighted by molar-refractivity contribution is 7.47. The van der Waals surface area contributed by atoms with E-state index in [2.05, 4.69) is 118 Å². The fourth-order valence-electron chi connectivity index (χ4n) is 10.1. The van der Waals surface area contributed by atoms with Crippen molar-refractivity contribution in [1.82, 2.24) is 0 Å². The molecule has 0 aromatic rings. The minimum Gasteiger partial charge on any atom is -0.463 e. The molecule has 5 unspecified atom stereocenters. The number of allylic oxidation sites excluding steroid dienone is 16. The van der Waals surface area contributed by atoms with Gasteiger partial charge >= 0.3 is 33.6 Å². The molecule has 0 aromatic heterocycles. The van der Waals surface area contributed by atoms with Crippen LogP contribution in [0.2, 0.25) is 0 Å². The van der Waals surface area contributed by atoms with Crippen LogP contribution in [0.4, 0.5) is 0 Å². The average molecular weight is 1380 g/mol. The smallest absolute Gasteiger partial charge is 0.463 e. The Labute approximate surface area is 578 Å². The molecule has 4 N–H and O–H groups in total. The highest BCUT2D eigenvalue weighted by atomic mass is 31.2. The van der Waals surface area contributed by atoms with Crippen LogP contribution in [0.15, 0.2) is 97.2 Å². The van der Waals surface area contributed by atoms with E-state index in [0.29, 0.717) is 19.3 Å². The van der Waals surface area contributed by atoms with E-state index >= 15 is 0 Å². The molecule has 0 aromatic carbocycles. The SMILES string of the molecule is CC/C=C\C/C=C\C/C=C\C/C=C\C/C=C\C/C=C\CCCCCCCCCCCCCCCCCCC(=O)OCC(O)COP(=O)(O)OCC(O)COP(=O)(O)OCC(COC(=O)CCCCCCC/C=C\C/C=C\CCC)OC(=O)CCCCCCCCCCCCC. The molecule has 0 heterocycles. The van der Waals surface area contributed by atoms with Crippen molar-refractivity contribution >= 4 is 33.6 Å². The molecule has 0 aliphatic carbocycles. The monoisotopic (exact) mass is 1380 g/mol. The van der Waals surface area contributed by atoms with Gasteiger partial charge in [-0.05, 0) is 96.3 Å². The molecule has 0 saturated heterocycles. The number of carbonyl (C=O) groups is 3. The van der Waals surface area contributed by atoms with Gasteiger partial charge in [0.1, 0.15) is 25.4 Å². The fraction of sp³-hybridized carbons (Fsp3) is 0.753. The normalized spacial score (nSPS) is 14.6. The maximum absolute atomic E-state index is 12.8. The summed E-state index contributed by atoms with van der Waals surface area (Å²) in [6.07, 6.45) is 79.3. The summed E-state index contributed by atoms with van der Waals surface area (Å²) >= 11 is 0. The van der Waals surface area contributed by atoms with Crippen LogP contribution in [0.5, 0.6) is 0 Å². The van der Waals surface area contributed by atoms with Gasteiger partial charge in [-0.15, -0.1) is 0 Å². The summed E-state index contributed by atoms with van der Waals surface area (Å²) in [5, 5.41) is 20.6. The summed E-state index contributed by atoms with van der Waals surface area (Å²) in [5.74, 6) is -1.58. The third-order valence-electron chi connectivity index (χ3n) is 15.8. The van der Waals surface area contributed by atoms with Gasteiger partial charge in [-0.2, -0.15) is 0 Å². The second kappa shape index (κ2) is 70.3. The molecule has 550 valence electrons. The lowest BCUT2D eigenvalue weighted by molar-refractivity contribution is -0.161. The van der Waals surface area contributed by atoms with Crippen LogP contribution < -0.4 is 0 Å². The van der Waals surface area contributed by atoms with E-state index in [0.717, 1.165) is 135 Å². The van der Waals surface area contributed by atoms with Gasteiger partial charge in [-0.1, -0.05) is 298 Å². The topological polar surface area (TPSA) is 231 Å². The lowest BCUT2D eigenvalue weighted by Gasteiger charge is -2.21. The number of phosphoric ester groups is 2. The van der Waals surface area contributed by atoms with Gasteiger partial charge < -0.3 is 34.2 Å². The van der Waals surface area contributed by atoms with Crippen molar-refractivity contribution in [3.63, 3.8) is 0 Å². The zero-order valence-electron chi connectivity index (χ0n) is 59.8. The van der Waals surface area contributed by atoms with Gasteiger partial charge in [0.25, 0.3) is 0 Å². The summed E-state index contributed by atoms with van der Waals surface area (Å²) in [4.78, 5) is 58.3. The van der Waals surface area contributed by atoms with Crippen LogP contribution in [0.3, 0.4) is 0 Å². The van der Waals surface area contributed by atoms with E-state index in [-0.39, 0.29) is 19.3 Å². The van der Waals surface area contributed by atoms with Gasteiger partial charge in [0, 0.05) is 19.3 Å². The van der Waals surface area contributed by atoms with Crippen molar-refractivity contribution in [2.24, 2.45) is 0 Å². The third kappa shape index (κ3) is 71.6. The van der Waals surface area contributed by atoms with Crippen LogP contribution in [0, 0.1) is 0 Å². The van der Waals surface area contributed by atoms with Crippen molar-refractivity contribution in [3.05, 3.63) is 97.2 Å². The van der Waals surface area contributed by atoms with E-state index in [1.807, 2.05) is 0 Å². The number of carbonyl (C=O) groups excluding carboxylic acids is 3. The molecule has 0 aliphatic heterocycles. The molecule has 0 bridgehead atoms. The molecule has 18 heteroatoms. The molecular formula is C77H136O16P2. The van der Waals surface area contributed by atoms with Crippen molar-refractivity contribution in [2.75, 3.05) is 39.6 Å². The minimum absolute atomic E-state index is 0.106. The first-order valence-corrected chi connectivity index (χ1v) is 40.5. The number of ether oxygens (including phenoxy) is 3. The molecule has 0 rings (SSSR count). The predicted octanol–water partition coefficient (Wildman–Crippen LogP) is 21.4. The van der Waals surface area contributed by atoms with E-state index in [9.17, 15) is 43.5 Å². The van der Waals surface area contributed by atoms with Crippen molar-refractivity contribution < 1.29 is 75.8 Å². The number of aliphatic hydroxyl groups excluding tert-OH is 2. The first-order chi connectivity index (χ1) is 46.2. The Morgan fingerprint density at radius 1 is 0.305 bits per heavy atom. The molecule has 95 heavy (non-hydrogen) atoms. The highest BCUT2D eigenvalue weighted by Gasteiger charge is 2.29. The van der Waals surface area contributed by atoms with E-state index in [1.165, 1.54) is 122 Å². The number of hydrogen-bond donors (Lipinski definition) is 4. The highest BCUT2D eigenvalue weighted by Crippen LogP contribution is 2.45.